The SMILES string of the molecule is CCN1C(=O)c2cc(OC)cc(OC)c2C1=O. The molecule has 0 fully saturated rings. The van der Waals surface area contributed by atoms with Crippen molar-refractivity contribution in [3.8, 4) is 11.5 Å². The summed E-state index contributed by atoms with van der Waals surface area (Å²) < 4.78 is 10.2. The molecule has 1 aliphatic heterocycles. The topological polar surface area (TPSA) is 55.8 Å². The minimum atomic E-state index is -0.313. The maximum Gasteiger partial charge on any atom is 0.265 e. The molecule has 1 aromatic rings. The van der Waals surface area contributed by atoms with E-state index in [-0.39, 0.29) is 11.8 Å². The van der Waals surface area contributed by atoms with Gasteiger partial charge in [0.1, 0.15) is 11.5 Å². The predicted molar refractivity (Wildman–Crippen MR) is 60.6 cm³/mol. The molecule has 5 nitrogen and oxygen atoms in total. The second-order valence-electron chi connectivity index (χ2n) is 3.61. The zero-order valence-corrected chi connectivity index (χ0v) is 9.94. The maximum atomic E-state index is 12.0. The van der Waals surface area contributed by atoms with E-state index in [4.69, 9.17) is 9.47 Å². The van der Waals surface area contributed by atoms with Crippen LogP contribution in [0.5, 0.6) is 11.5 Å². The Morgan fingerprint density at radius 3 is 2.35 bits per heavy atom. The van der Waals surface area contributed by atoms with E-state index >= 15 is 0 Å². The molecule has 0 saturated carbocycles. The van der Waals surface area contributed by atoms with Gasteiger partial charge in [-0.15, -0.1) is 0 Å². The largest absolute Gasteiger partial charge is 0.497 e. The molecular weight excluding hydrogens is 222 g/mol. The zero-order valence-electron chi connectivity index (χ0n) is 9.94. The molecule has 0 bridgehead atoms. The first kappa shape index (κ1) is 11.4. The molecule has 0 radical (unpaired) electrons. The number of hydrogen-bond donors (Lipinski definition) is 0. The Kier molecular flexibility index (Phi) is 2.75. The van der Waals surface area contributed by atoms with Gasteiger partial charge >= 0.3 is 0 Å². The molecule has 1 heterocycles. The van der Waals surface area contributed by atoms with Crippen molar-refractivity contribution in [2.24, 2.45) is 0 Å². The molecule has 2 amide bonds. The number of methoxy groups -OCH3 is 2. The molecule has 0 spiro atoms. The van der Waals surface area contributed by atoms with E-state index in [1.54, 1.807) is 19.1 Å². The molecule has 0 atom stereocenters. The molecule has 17 heavy (non-hydrogen) atoms. The molecule has 1 aliphatic rings. The molecule has 0 N–H and O–H groups in total. The summed E-state index contributed by atoms with van der Waals surface area (Å²) in [5.41, 5.74) is 0.660. The average Bonchev–Trinajstić information content (AvgIpc) is 2.60. The van der Waals surface area contributed by atoms with Crippen LogP contribution in [0.15, 0.2) is 12.1 Å². The van der Waals surface area contributed by atoms with Crippen molar-refractivity contribution >= 4 is 11.8 Å². The van der Waals surface area contributed by atoms with Crippen LogP contribution in [0.25, 0.3) is 0 Å². The van der Waals surface area contributed by atoms with Crippen molar-refractivity contribution in [2.45, 2.75) is 6.92 Å². The lowest BCUT2D eigenvalue weighted by atomic mass is 10.1. The van der Waals surface area contributed by atoms with Gasteiger partial charge in [0.05, 0.1) is 25.3 Å². The van der Waals surface area contributed by atoms with Crippen molar-refractivity contribution in [1.82, 2.24) is 4.90 Å². The van der Waals surface area contributed by atoms with Gasteiger partial charge in [-0.25, -0.2) is 0 Å². The van der Waals surface area contributed by atoms with Gasteiger partial charge in [-0.2, -0.15) is 0 Å². The lowest BCUT2D eigenvalue weighted by Crippen LogP contribution is -2.29. The minimum absolute atomic E-state index is 0.301. The number of carbonyl (C=O) groups excluding carboxylic acids is 2. The molecule has 0 aromatic heterocycles. The number of amides is 2. The first-order chi connectivity index (χ1) is 8.13. The average molecular weight is 235 g/mol. The van der Waals surface area contributed by atoms with Gasteiger partial charge in [-0.05, 0) is 13.0 Å². The number of hydrogen-bond acceptors (Lipinski definition) is 4. The Morgan fingerprint density at radius 2 is 1.82 bits per heavy atom. The van der Waals surface area contributed by atoms with Crippen molar-refractivity contribution < 1.29 is 19.1 Å². The van der Waals surface area contributed by atoms with Crippen LogP contribution in [0.4, 0.5) is 0 Å². The van der Waals surface area contributed by atoms with E-state index in [1.807, 2.05) is 0 Å². The Bertz CT molecular complexity index is 496. The standard InChI is InChI=1S/C12H13NO4/c1-4-13-11(14)8-5-7(16-2)6-9(17-3)10(8)12(13)15/h5-6H,4H2,1-3H3. The fraction of sp³-hybridized carbons (Fsp3) is 0.333. The Morgan fingerprint density at radius 1 is 1.12 bits per heavy atom. The Balaban J connectivity index is 2.64. The molecule has 0 aliphatic carbocycles. The van der Waals surface area contributed by atoms with E-state index in [0.717, 1.165) is 0 Å². The minimum Gasteiger partial charge on any atom is -0.497 e. The van der Waals surface area contributed by atoms with E-state index in [0.29, 0.717) is 29.2 Å². The fourth-order valence-corrected chi connectivity index (χ4v) is 1.92. The van der Waals surface area contributed by atoms with Crippen LogP contribution >= 0.6 is 0 Å². The van der Waals surface area contributed by atoms with Crippen molar-refractivity contribution in [3.63, 3.8) is 0 Å². The fourth-order valence-electron chi connectivity index (χ4n) is 1.92. The molecule has 5 heteroatoms. The lowest BCUT2D eigenvalue weighted by molar-refractivity contribution is 0.0662. The third kappa shape index (κ3) is 1.54. The number of imide groups is 1. The lowest BCUT2D eigenvalue weighted by Gasteiger charge is -2.09. The van der Waals surface area contributed by atoms with Crippen molar-refractivity contribution in [1.29, 1.82) is 0 Å². The normalized spacial score (nSPS) is 13.9. The van der Waals surface area contributed by atoms with Crippen LogP contribution in [-0.4, -0.2) is 37.5 Å². The van der Waals surface area contributed by atoms with Gasteiger partial charge in [0.15, 0.2) is 0 Å². The predicted octanol–water partition coefficient (Wildman–Crippen LogP) is 1.32. The quantitative estimate of drug-likeness (QED) is 0.741. The Hall–Kier alpha value is -2.04. The van der Waals surface area contributed by atoms with Gasteiger partial charge in [-0.1, -0.05) is 0 Å². The van der Waals surface area contributed by atoms with Crippen LogP contribution in [0.3, 0.4) is 0 Å². The number of nitrogens with zero attached hydrogens (tertiary/aromatic N) is 1. The van der Waals surface area contributed by atoms with Crippen LogP contribution in [0.1, 0.15) is 27.6 Å². The van der Waals surface area contributed by atoms with E-state index in [9.17, 15) is 9.59 Å². The summed E-state index contributed by atoms with van der Waals surface area (Å²) in [4.78, 5) is 25.2. The summed E-state index contributed by atoms with van der Waals surface area (Å²) in [5, 5.41) is 0. The number of benzene rings is 1. The second-order valence-corrected chi connectivity index (χ2v) is 3.61. The van der Waals surface area contributed by atoms with E-state index in [2.05, 4.69) is 0 Å². The highest BCUT2D eigenvalue weighted by molar-refractivity contribution is 6.22. The molecule has 0 saturated heterocycles. The maximum absolute atomic E-state index is 12.0. The summed E-state index contributed by atoms with van der Waals surface area (Å²) in [7, 11) is 2.96. The van der Waals surface area contributed by atoms with Gasteiger partial charge in [0, 0.05) is 12.6 Å². The third-order valence-electron chi connectivity index (χ3n) is 2.78. The Labute approximate surface area is 98.9 Å². The van der Waals surface area contributed by atoms with E-state index < -0.39 is 0 Å². The van der Waals surface area contributed by atoms with Gasteiger partial charge in [-0.3, -0.25) is 14.5 Å². The first-order valence-electron chi connectivity index (χ1n) is 5.26. The number of fused-ring (bicyclic) bond motifs is 1. The van der Waals surface area contributed by atoms with Crippen LogP contribution in [-0.2, 0) is 0 Å². The van der Waals surface area contributed by atoms with Gasteiger partial charge in [0.2, 0.25) is 0 Å². The number of ether oxygens (including phenoxy) is 2. The summed E-state index contributed by atoms with van der Waals surface area (Å²) in [6.07, 6.45) is 0. The monoisotopic (exact) mass is 235 g/mol. The first-order valence-corrected chi connectivity index (χ1v) is 5.26. The smallest absolute Gasteiger partial charge is 0.265 e. The summed E-state index contributed by atoms with van der Waals surface area (Å²) in [5.74, 6) is 0.255. The third-order valence-corrected chi connectivity index (χ3v) is 2.78. The van der Waals surface area contributed by atoms with Crippen molar-refractivity contribution in [2.75, 3.05) is 20.8 Å². The molecule has 2 rings (SSSR count). The van der Waals surface area contributed by atoms with Crippen LogP contribution in [0.2, 0.25) is 0 Å². The summed E-state index contributed by atoms with van der Waals surface area (Å²) >= 11 is 0. The molecular formula is C12H13NO4. The van der Waals surface area contributed by atoms with Crippen molar-refractivity contribution in [3.05, 3.63) is 23.3 Å². The molecule has 90 valence electrons. The summed E-state index contributed by atoms with van der Waals surface area (Å²) in [6, 6.07) is 3.16. The van der Waals surface area contributed by atoms with E-state index in [1.165, 1.54) is 19.1 Å². The zero-order chi connectivity index (χ0) is 12.6. The molecule has 0 unspecified atom stereocenters. The highest BCUT2D eigenvalue weighted by Crippen LogP contribution is 2.34. The number of carbonyl (C=O) groups is 2. The highest BCUT2D eigenvalue weighted by Gasteiger charge is 2.37. The highest BCUT2D eigenvalue weighted by atomic mass is 16.5. The second kappa shape index (κ2) is 4.08. The number of rotatable bonds is 3. The van der Waals surface area contributed by atoms with Crippen LogP contribution < -0.4 is 9.47 Å². The van der Waals surface area contributed by atoms with Crippen LogP contribution in [0, 0.1) is 0 Å². The summed E-state index contributed by atoms with van der Waals surface area (Å²) in [6.45, 7) is 2.10. The molecule has 1 aromatic carbocycles. The van der Waals surface area contributed by atoms with Gasteiger partial charge < -0.3 is 9.47 Å². The van der Waals surface area contributed by atoms with Gasteiger partial charge in [0.25, 0.3) is 11.8 Å².